The number of halogens is 1. The molecule has 1 aliphatic heterocycles. The molecule has 29 heavy (non-hydrogen) atoms. The lowest BCUT2D eigenvalue weighted by atomic mass is 10.1. The topological polar surface area (TPSA) is 56.6 Å². The van der Waals surface area contributed by atoms with E-state index in [-0.39, 0.29) is 5.91 Å². The maximum Gasteiger partial charge on any atom is 0.258 e. The number of amides is 1. The number of ether oxygens (including phenoxy) is 2. The van der Waals surface area contributed by atoms with Gasteiger partial charge in [-0.2, -0.15) is 5.10 Å². The lowest BCUT2D eigenvalue weighted by Gasteiger charge is -2.18. The number of carbonyl (C=O) groups is 1. The van der Waals surface area contributed by atoms with Crippen LogP contribution < -0.4 is 14.4 Å². The van der Waals surface area contributed by atoms with Gasteiger partial charge in [-0.1, -0.05) is 17.7 Å². The molecule has 0 saturated carbocycles. The first kappa shape index (κ1) is 19.3. The van der Waals surface area contributed by atoms with Crippen LogP contribution in [-0.4, -0.2) is 28.5 Å². The Labute approximate surface area is 174 Å². The van der Waals surface area contributed by atoms with Crippen molar-refractivity contribution in [2.75, 3.05) is 11.9 Å². The zero-order valence-electron chi connectivity index (χ0n) is 17.0. The third-order valence-corrected chi connectivity index (χ3v) is 5.42. The Balaban J connectivity index is 1.63. The van der Waals surface area contributed by atoms with Crippen LogP contribution in [0.25, 0.3) is 5.69 Å². The summed E-state index contributed by atoms with van der Waals surface area (Å²) in [5.41, 5.74) is 3.63. The highest BCUT2D eigenvalue weighted by molar-refractivity contribution is 6.31. The Bertz CT molecular complexity index is 1120. The highest BCUT2D eigenvalue weighted by Crippen LogP contribution is 2.41. The molecule has 0 spiro atoms. The molecule has 2 aromatic carbocycles. The Morgan fingerprint density at radius 3 is 2.52 bits per heavy atom. The quantitative estimate of drug-likeness (QED) is 0.613. The third-order valence-electron chi connectivity index (χ3n) is 4.87. The van der Waals surface area contributed by atoms with Gasteiger partial charge in [-0.05, 0) is 44.2 Å². The van der Waals surface area contributed by atoms with Crippen molar-refractivity contribution in [3.05, 3.63) is 64.4 Å². The van der Waals surface area contributed by atoms with E-state index in [0.717, 1.165) is 22.8 Å². The van der Waals surface area contributed by atoms with Crippen molar-refractivity contribution in [1.29, 1.82) is 0 Å². The second-order valence-electron chi connectivity index (χ2n) is 7.55. The van der Waals surface area contributed by atoms with Crippen LogP contribution in [0.15, 0.2) is 42.5 Å². The van der Waals surface area contributed by atoms with Gasteiger partial charge in [0.25, 0.3) is 5.91 Å². The molecule has 0 N–H and O–H groups in total. The van der Waals surface area contributed by atoms with Gasteiger partial charge in [0.2, 0.25) is 5.79 Å². The molecular formula is C22H22ClN3O3. The summed E-state index contributed by atoms with van der Waals surface area (Å²) in [5, 5.41) is 5.09. The van der Waals surface area contributed by atoms with Crippen molar-refractivity contribution in [3.63, 3.8) is 0 Å². The molecule has 0 unspecified atom stereocenters. The maximum atomic E-state index is 13.1. The van der Waals surface area contributed by atoms with Crippen LogP contribution in [0, 0.1) is 13.8 Å². The van der Waals surface area contributed by atoms with E-state index in [4.69, 9.17) is 21.1 Å². The Morgan fingerprint density at radius 2 is 1.83 bits per heavy atom. The molecule has 3 aromatic rings. The van der Waals surface area contributed by atoms with Crippen LogP contribution in [0.3, 0.4) is 0 Å². The van der Waals surface area contributed by atoms with Crippen LogP contribution in [0.1, 0.15) is 35.6 Å². The predicted molar refractivity (Wildman–Crippen MR) is 113 cm³/mol. The number of hydrogen-bond donors (Lipinski definition) is 0. The minimum Gasteiger partial charge on any atom is -0.449 e. The number of aryl methyl sites for hydroxylation is 1. The van der Waals surface area contributed by atoms with Crippen LogP contribution >= 0.6 is 11.6 Å². The molecule has 7 heteroatoms. The second-order valence-corrected chi connectivity index (χ2v) is 7.92. The SMILES string of the molecule is Cc1nn(-c2cccc(C(=O)N(C)c3ccc4c(c3)OC(C)(C)O4)c2)c(C)c1Cl. The van der Waals surface area contributed by atoms with Gasteiger partial charge in [-0.25, -0.2) is 4.68 Å². The van der Waals surface area contributed by atoms with Crippen molar-refractivity contribution < 1.29 is 14.3 Å². The molecule has 1 aliphatic rings. The molecule has 150 valence electrons. The molecule has 2 heterocycles. The van der Waals surface area contributed by atoms with Crippen molar-refractivity contribution in [2.45, 2.75) is 33.5 Å². The second kappa shape index (κ2) is 6.81. The summed E-state index contributed by atoms with van der Waals surface area (Å²) in [5.74, 6) is 0.442. The molecule has 4 rings (SSSR count). The average Bonchev–Trinajstić information content (AvgIpc) is 3.15. The van der Waals surface area contributed by atoms with E-state index in [2.05, 4.69) is 5.10 Å². The van der Waals surface area contributed by atoms with Gasteiger partial charge in [-0.3, -0.25) is 4.79 Å². The molecule has 0 saturated heterocycles. The number of anilines is 1. The molecule has 0 fully saturated rings. The number of nitrogens with zero attached hydrogens (tertiary/aromatic N) is 3. The molecule has 0 atom stereocenters. The largest absolute Gasteiger partial charge is 0.449 e. The van der Waals surface area contributed by atoms with E-state index in [9.17, 15) is 4.79 Å². The number of hydrogen-bond acceptors (Lipinski definition) is 4. The van der Waals surface area contributed by atoms with E-state index in [0.29, 0.717) is 22.1 Å². The monoisotopic (exact) mass is 411 g/mol. The number of aromatic nitrogens is 2. The van der Waals surface area contributed by atoms with Gasteiger partial charge in [0.1, 0.15) is 0 Å². The normalized spacial score (nSPS) is 14.1. The van der Waals surface area contributed by atoms with Crippen molar-refractivity contribution in [1.82, 2.24) is 9.78 Å². The minimum atomic E-state index is -0.709. The molecule has 1 aromatic heterocycles. The van der Waals surface area contributed by atoms with E-state index >= 15 is 0 Å². The van der Waals surface area contributed by atoms with Crippen molar-refractivity contribution >= 4 is 23.2 Å². The number of rotatable bonds is 3. The summed E-state index contributed by atoms with van der Waals surface area (Å²) in [7, 11) is 1.73. The average molecular weight is 412 g/mol. The number of fused-ring (bicyclic) bond motifs is 1. The molecule has 1 amide bonds. The summed E-state index contributed by atoms with van der Waals surface area (Å²) < 4.78 is 13.3. The van der Waals surface area contributed by atoms with Crippen LogP contribution in [-0.2, 0) is 0 Å². The molecular weight excluding hydrogens is 390 g/mol. The summed E-state index contributed by atoms with van der Waals surface area (Å²) in [4.78, 5) is 14.7. The zero-order valence-corrected chi connectivity index (χ0v) is 17.7. The maximum absolute atomic E-state index is 13.1. The molecule has 0 radical (unpaired) electrons. The smallest absolute Gasteiger partial charge is 0.258 e. The first-order chi connectivity index (χ1) is 13.7. The third kappa shape index (κ3) is 3.44. The number of benzene rings is 2. The molecule has 0 aliphatic carbocycles. The van der Waals surface area contributed by atoms with E-state index in [1.807, 2.05) is 64.1 Å². The van der Waals surface area contributed by atoms with Gasteiger partial charge in [0.05, 0.1) is 22.1 Å². The van der Waals surface area contributed by atoms with Crippen LogP contribution in [0.5, 0.6) is 11.5 Å². The Hall–Kier alpha value is -2.99. The summed E-state index contributed by atoms with van der Waals surface area (Å²) in [6, 6.07) is 12.8. The van der Waals surface area contributed by atoms with E-state index in [1.165, 1.54) is 0 Å². The van der Waals surface area contributed by atoms with Crippen molar-refractivity contribution in [2.24, 2.45) is 0 Å². The van der Waals surface area contributed by atoms with Crippen LogP contribution in [0.2, 0.25) is 5.02 Å². The predicted octanol–water partition coefficient (Wildman–Crippen LogP) is 4.93. The summed E-state index contributed by atoms with van der Waals surface area (Å²) in [6.45, 7) is 7.45. The first-order valence-corrected chi connectivity index (χ1v) is 9.66. The van der Waals surface area contributed by atoms with Gasteiger partial charge >= 0.3 is 0 Å². The molecule has 0 bridgehead atoms. The fourth-order valence-corrected chi connectivity index (χ4v) is 3.49. The fraction of sp³-hybridized carbons (Fsp3) is 0.273. The lowest BCUT2D eigenvalue weighted by Crippen LogP contribution is -2.29. The Morgan fingerprint density at radius 1 is 1.10 bits per heavy atom. The standard InChI is InChI=1S/C22H22ClN3O3/c1-13-20(23)14(2)26(24-13)17-8-6-7-15(11-17)21(27)25(5)16-9-10-18-19(12-16)29-22(3,4)28-18/h6-12H,1-5H3. The van der Waals surface area contributed by atoms with Gasteiger partial charge in [0, 0.05) is 38.2 Å². The first-order valence-electron chi connectivity index (χ1n) is 9.28. The fourth-order valence-electron chi connectivity index (χ4n) is 3.38. The Kier molecular flexibility index (Phi) is 4.54. The van der Waals surface area contributed by atoms with E-state index in [1.54, 1.807) is 22.7 Å². The van der Waals surface area contributed by atoms with Gasteiger partial charge < -0.3 is 14.4 Å². The zero-order chi connectivity index (χ0) is 20.9. The van der Waals surface area contributed by atoms with Gasteiger partial charge in [0.15, 0.2) is 11.5 Å². The molecule has 6 nitrogen and oxygen atoms in total. The summed E-state index contributed by atoms with van der Waals surface area (Å²) >= 11 is 6.27. The highest BCUT2D eigenvalue weighted by Gasteiger charge is 2.32. The minimum absolute atomic E-state index is 0.141. The highest BCUT2D eigenvalue weighted by atomic mass is 35.5. The lowest BCUT2D eigenvalue weighted by molar-refractivity contribution is -0.0431. The van der Waals surface area contributed by atoms with Gasteiger partial charge in [-0.15, -0.1) is 0 Å². The summed E-state index contributed by atoms with van der Waals surface area (Å²) in [6.07, 6.45) is 0. The van der Waals surface area contributed by atoms with E-state index < -0.39 is 5.79 Å². The van der Waals surface area contributed by atoms with Crippen molar-refractivity contribution in [3.8, 4) is 17.2 Å². The number of carbonyl (C=O) groups excluding carboxylic acids is 1. The van der Waals surface area contributed by atoms with Crippen LogP contribution in [0.4, 0.5) is 5.69 Å².